The second kappa shape index (κ2) is 6.73. The van der Waals surface area contributed by atoms with Crippen molar-refractivity contribution in [3.05, 3.63) is 48.0 Å². The molecule has 0 radical (unpaired) electrons. The molecule has 104 valence electrons. The number of aryl methyl sites for hydroxylation is 1. The highest BCUT2D eigenvalue weighted by molar-refractivity contribution is 5.29. The highest BCUT2D eigenvalue weighted by Gasteiger charge is 2.06. The van der Waals surface area contributed by atoms with Crippen LogP contribution in [0.25, 0.3) is 0 Å². The first-order valence-corrected chi connectivity index (χ1v) is 6.50. The molecule has 0 aliphatic rings. The minimum Gasteiger partial charge on any atom is -0.479 e. The monoisotopic (exact) mass is 270 g/mol. The third kappa shape index (κ3) is 3.59. The van der Waals surface area contributed by atoms with Gasteiger partial charge >= 0.3 is 0 Å². The van der Waals surface area contributed by atoms with Crippen molar-refractivity contribution in [3.8, 4) is 11.8 Å². The average Bonchev–Trinajstić information content (AvgIpc) is 2.88. The molecule has 0 aliphatic heterocycles. The fraction of sp³-hybridized carbons (Fsp3) is 0.333. The van der Waals surface area contributed by atoms with Crippen molar-refractivity contribution in [2.24, 2.45) is 7.05 Å². The van der Waals surface area contributed by atoms with Crippen LogP contribution in [0, 0.1) is 11.3 Å². The summed E-state index contributed by atoms with van der Waals surface area (Å²) in [6.45, 7) is 2.90. The van der Waals surface area contributed by atoms with Gasteiger partial charge in [-0.2, -0.15) is 5.26 Å². The number of aromatic nitrogens is 2. The number of nitrogens with zero attached hydrogens (tertiary/aromatic N) is 3. The molecule has 1 heterocycles. The SMILES string of the molecule is CC(NCc1nccn1C)c1ccc(OCC#N)cc1. The van der Waals surface area contributed by atoms with Gasteiger partial charge in [0, 0.05) is 25.5 Å². The lowest BCUT2D eigenvalue weighted by molar-refractivity contribution is 0.368. The maximum atomic E-state index is 8.46. The summed E-state index contributed by atoms with van der Waals surface area (Å²) >= 11 is 0. The van der Waals surface area contributed by atoms with E-state index in [9.17, 15) is 0 Å². The van der Waals surface area contributed by atoms with Crippen LogP contribution in [0.3, 0.4) is 0 Å². The normalized spacial score (nSPS) is 11.8. The zero-order valence-electron chi connectivity index (χ0n) is 11.7. The van der Waals surface area contributed by atoms with Crippen molar-refractivity contribution in [3.63, 3.8) is 0 Å². The van der Waals surface area contributed by atoms with Gasteiger partial charge in [-0.05, 0) is 24.6 Å². The summed E-state index contributed by atoms with van der Waals surface area (Å²) in [6.07, 6.45) is 3.73. The van der Waals surface area contributed by atoms with Crippen LogP contribution in [0.1, 0.15) is 24.4 Å². The fourth-order valence-corrected chi connectivity index (χ4v) is 1.90. The van der Waals surface area contributed by atoms with Gasteiger partial charge in [0.05, 0.1) is 6.54 Å². The highest BCUT2D eigenvalue weighted by atomic mass is 16.5. The van der Waals surface area contributed by atoms with Gasteiger partial charge in [-0.3, -0.25) is 0 Å². The van der Waals surface area contributed by atoms with Crippen LogP contribution in [-0.4, -0.2) is 16.2 Å². The molecule has 0 amide bonds. The summed E-state index contributed by atoms with van der Waals surface area (Å²) in [4.78, 5) is 4.28. The molecule has 5 nitrogen and oxygen atoms in total. The number of imidazole rings is 1. The molecule has 1 unspecified atom stereocenters. The molecule has 5 heteroatoms. The van der Waals surface area contributed by atoms with Crippen molar-refractivity contribution in [2.75, 3.05) is 6.61 Å². The molecule has 2 rings (SSSR count). The Hall–Kier alpha value is -2.32. The van der Waals surface area contributed by atoms with Crippen LogP contribution in [0.2, 0.25) is 0 Å². The van der Waals surface area contributed by atoms with Crippen LogP contribution in [-0.2, 0) is 13.6 Å². The fourth-order valence-electron chi connectivity index (χ4n) is 1.90. The maximum Gasteiger partial charge on any atom is 0.174 e. The van der Waals surface area contributed by atoms with Crippen molar-refractivity contribution in [1.29, 1.82) is 5.26 Å². The molecule has 2 aromatic rings. The number of benzene rings is 1. The summed E-state index contributed by atoms with van der Waals surface area (Å²) in [5, 5.41) is 11.9. The van der Waals surface area contributed by atoms with Crippen molar-refractivity contribution >= 4 is 0 Å². The Labute approximate surface area is 118 Å². The van der Waals surface area contributed by atoms with Gasteiger partial charge in [-0.25, -0.2) is 4.98 Å². The first kappa shape index (κ1) is 14.1. The Morgan fingerprint density at radius 3 is 2.75 bits per heavy atom. The van der Waals surface area contributed by atoms with Crippen LogP contribution >= 0.6 is 0 Å². The molecule has 20 heavy (non-hydrogen) atoms. The summed E-state index contributed by atoms with van der Waals surface area (Å²) in [5.74, 6) is 1.72. The molecule has 0 saturated carbocycles. The molecule has 0 saturated heterocycles. The Morgan fingerprint density at radius 2 is 2.15 bits per heavy atom. The Balaban J connectivity index is 1.90. The number of hydrogen-bond donors (Lipinski definition) is 1. The van der Waals surface area contributed by atoms with Crippen LogP contribution in [0.15, 0.2) is 36.7 Å². The topological polar surface area (TPSA) is 62.9 Å². The minimum atomic E-state index is 0.0757. The first-order valence-electron chi connectivity index (χ1n) is 6.50. The number of hydrogen-bond acceptors (Lipinski definition) is 4. The zero-order valence-corrected chi connectivity index (χ0v) is 11.7. The lowest BCUT2D eigenvalue weighted by atomic mass is 10.1. The van der Waals surface area contributed by atoms with Crippen molar-refractivity contribution in [2.45, 2.75) is 19.5 Å². The molecule has 1 aromatic carbocycles. The Morgan fingerprint density at radius 1 is 1.40 bits per heavy atom. The van der Waals surface area contributed by atoms with Crippen LogP contribution in [0.5, 0.6) is 5.75 Å². The molecule has 0 spiro atoms. The van der Waals surface area contributed by atoms with E-state index in [1.807, 2.05) is 48.1 Å². The predicted octanol–water partition coefficient (Wildman–Crippen LogP) is 2.17. The van der Waals surface area contributed by atoms with E-state index in [1.165, 1.54) is 5.56 Å². The van der Waals surface area contributed by atoms with Gasteiger partial charge in [-0.1, -0.05) is 12.1 Å². The standard InChI is InChI=1S/C15H18N4O/c1-12(18-11-15-17-8-9-19(15)2)13-3-5-14(6-4-13)20-10-7-16/h3-6,8-9,12,18H,10-11H2,1-2H3. The quantitative estimate of drug-likeness (QED) is 0.873. The molecule has 1 aromatic heterocycles. The average molecular weight is 270 g/mol. The van der Waals surface area contributed by atoms with E-state index in [2.05, 4.69) is 17.2 Å². The molecule has 0 bridgehead atoms. The van der Waals surface area contributed by atoms with Gasteiger partial charge in [0.1, 0.15) is 17.6 Å². The van der Waals surface area contributed by atoms with E-state index in [0.29, 0.717) is 5.75 Å². The Bertz CT molecular complexity index is 583. The number of rotatable bonds is 6. The van der Waals surface area contributed by atoms with E-state index in [4.69, 9.17) is 10.00 Å². The molecule has 0 aliphatic carbocycles. The summed E-state index contributed by atoms with van der Waals surface area (Å²) in [6, 6.07) is 9.94. The van der Waals surface area contributed by atoms with Gasteiger partial charge in [-0.15, -0.1) is 0 Å². The van der Waals surface area contributed by atoms with Crippen LogP contribution < -0.4 is 10.1 Å². The first-order chi connectivity index (χ1) is 9.70. The van der Waals surface area contributed by atoms with Crippen molar-refractivity contribution < 1.29 is 4.74 Å². The highest BCUT2D eigenvalue weighted by Crippen LogP contribution is 2.17. The molecule has 0 fully saturated rings. The van der Waals surface area contributed by atoms with Gasteiger partial charge < -0.3 is 14.6 Å². The van der Waals surface area contributed by atoms with E-state index in [1.54, 1.807) is 6.20 Å². The predicted molar refractivity (Wildman–Crippen MR) is 76.0 cm³/mol. The zero-order chi connectivity index (χ0) is 14.4. The van der Waals surface area contributed by atoms with E-state index < -0.39 is 0 Å². The minimum absolute atomic E-state index is 0.0757. The van der Waals surface area contributed by atoms with E-state index >= 15 is 0 Å². The number of nitrogens with one attached hydrogen (secondary N) is 1. The van der Waals surface area contributed by atoms with Gasteiger partial charge in [0.25, 0.3) is 0 Å². The third-order valence-corrected chi connectivity index (χ3v) is 3.17. The summed E-state index contributed by atoms with van der Waals surface area (Å²) in [5.41, 5.74) is 1.17. The molecule has 1 atom stereocenters. The largest absolute Gasteiger partial charge is 0.479 e. The summed E-state index contributed by atoms with van der Waals surface area (Å²) in [7, 11) is 1.98. The third-order valence-electron chi connectivity index (χ3n) is 3.17. The Kier molecular flexibility index (Phi) is 4.75. The lowest BCUT2D eigenvalue weighted by Gasteiger charge is -2.14. The van der Waals surface area contributed by atoms with E-state index in [-0.39, 0.29) is 12.6 Å². The lowest BCUT2D eigenvalue weighted by Crippen LogP contribution is -2.20. The number of ether oxygens (including phenoxy) is 1. The molecule has 1 N–H and O–H groups in total. The second-order valence-electron chi connectivity index (χ2n) is 4.57. The van der Waals surface area contributed by atoms with Gasteiger partial charge in [0.2, 0.25) is 0 Å². The smallest absolute Gasteiger partial charge is 0.174 e. The van der Waals surface area contributed by atoms with Gasteiger partial charge in [0.15, 0.2) is 6.61 Å². The van der Waals surface area contributed by atoms with E-state index in [0.717, 1.165) is 12.4 Å². The second-order valence-corrected chi connectivity index (χ2v) is 4.57. The molecular formula is C15H18N4O. The molecular weight excluding hydrogens is 252 g/mol. The number of nitriles is 1. The summed E-state index contributed by atoms with van der Waals surface area (Å²) < 4.78 is 7.23. The van der Waals surface area contributed by atoms with Crippen molar-refractivity contribution in [1.82, 2.24) is 14.9 Å². The van der Waals surface area contributed by atoms with Crippen LogP contribution in [0.4, 0.5) is 0 Å². The maximum absolute atomic E-state index is 8.46.